The Hall–Kier alpha value is -2.35. The van der Waals surface area contributed by atoms with Crippen molar-refractivity contribution in [3.8, 4) is 5.75 Å². The minimum absolute atomic E-state index is 0.505. The van der Waals surface area contributed by atoms with Crippen molar-refractivity contribution in [2.75, 3.05) is 0 Å². The van der Waals surface area contributed by atoms with Crippen LogP contribution >= 0.6 is 0 Å². The van der Waals surface area contributed by atoms with E-state index in [9.17, 15) is 0 Å². The maximum absolute atomic E-state index is 5.95. The zero-order valence-corrected chi connectivity index (χ0v) is 14.3. The molecule has 3 aromatic rings. The number of rotatable bonds is 4. The number of ether oxygens (including phenoxy) is 1. The van der Waals surface area contributed by atoms with Crippen LogP contribution in [0.5, 0.6) is 5.75 Å². The summed E-state index contributed by atoms with van der Waals surface area (Å²) in [7, 11) is 0. The van der Waals surface area contributed by atoms with Crippen molar-refractivity contribution in [1.29, 1.82) is 0 Å². The highest BCUT2D eigenvalue weighted by Gasteiger charge is 2.40. The number of pyridine rings is 1. The first-order chi connectivity index (χ1) is 12.3. The van der Waals surface area contributed by atoms with Crippen LogP contribution in [0, 0.1) is 17.8 Å². The first kappa shape index (κ1) is 14.9. The summed E-state index contributed by atoms with van der Waals surface area (Å²) in [5, 5.41) is 1.17. The zero-order chi connectivity index (χ0) is 16.6. The molecular weight excluding hydrogens is 306 g/mol. The van der Waals surface area contributed by atoms with Crippen LogP contribution in [0.1, 0.15) is 36.9 Å². The smallest absolute Gasteiger partial charge is 0.130 e. The first-order valence-corrected chi connectivity index (χ1v) is 9.29. The summed E-state index contributed by atoms with van der Waals surface area (Å²) < 4.78 is 5.95. The van der Waals surface area contributed by atoms with E-state index in [1.54, 1.807) is 5.92 Å². The molecule has 2 fully saturated rings. The highest BCUT2D eigenvalue weighted by molar-refractivity contribution is 5.78. The predicted octanol–water partition coefficient (Wildman–Crippen LogP) is 5.56. The number of hydrogen-bond donors (Lipinski definition) is 0. The molecule has 1 heterocycles. The van der Waals surface area contributed by atoms with Crippen LogP contribution in [0.25, 0.3) is 10.9 Å². The van der Waals surface area contributed by atoms with E-state index in [0.717, 1.165) is 28.8 Å². The second-order valence-electron chi connectivity index (χ2n) is 7.41. The Morgan fingerprint density at radius 2 is 1.80 bits per heavy atom. The lowest BCUT2D eigenvalue weighted by Crippen LogP contribution is -2.09. The van der Waals surface area contributed by atoms with Crippen molar-refractivity contribution < 1.29 is 4.74 Å². The lowest BCUT2D eigenvalue weighted by atomic mass is 9.83. The van der Waals surface area contributed by atoms with Crippen LogP contribution < -0.4 is 4.74 Å². The molecule has 2 saturated carbocycles. The second-order valence-corrected chi connectivity index (χ2v) is 7.41. The summed E-state index contributed by atoms with van der Waals surface area (Å²) in [6, 6.07) is 21.0. The Labute approximate surface area is 148 Å². The quantitative estimate of drug-likeness (QED) is 0.626. The third-order valence-corrected chi connectivity index (χ3v) is 5.81. The van der Waals surface area contributed by atoms with Crippen molar-refractivity contribution in [2.45, 2.75) is 32.3 Å². The van der Waals surface area contributed by atoms with Gasteiger partial charge in [-0.1, -0.05) is 42.8 Å². The van der Waals surface area contributed by atoms with Crippen molar-refractivity contribution in [3.05, 3.63) is 77.8 Å². The monoisotopic (exact) mass is 328 g/mol. The minimum atomic E-state index is 0.505. The molecule has 1 aromatic heterocycles. The van der Waals surface area contributed by atoms with E-state index in [1.165, 1.54) is 36.6 Å². The lowest BCUT2D eigenvalue weighted by Gasteiger charge is -2.21. The second kappa shape index (κ2) is 6.18. The van der Waals surface area contributed by atoms with Crippen LogP contribution in [0.4, 0.5) is 0 Å². The fourth-order valence-corrected chi connectivity index (χ4v) is 4.52. The Bertz CT molecular complexity index is 886. The molecule has 2 aliphatic carbocycles. The van der Waals surface area contributed by atoms with Crippen LogP contribution in [0.15, 0.2) is 60.7 Å². The molecule has 2 bridgehead atoms. The van der Waals surface area contributed by atoms with E-state index < -0.39 is 0 Å². The normalized spacial score (nSPS) is 22.6. The van der Waals surface area contributed by atoms with E-state index in [4.69, 9.17) is 4.74 Å². The van der Waals surface area contributed by atoms with Gasteiger partial charge in [-0.25, -0.2) is 4.98 Å². The van der Waals surface area contributed by atoms with Crippen molar-refractivity contribution >= 4 is 10.9 Å². The molecule has 2 aromatic carbocycles. The first-order valence-electron chi connectivity index (χ1n) is 9.29. The van der Waals surface area contributed by atoms with Gasteiger partial charge in [-0.15, -0.1) is 0 Å². The summed E-state index contributed by atoms with van der Waals surface area (Å²) in [4.78, 5) is 4.67. The maximum Gasteiger partial charge on any atom is 0.130 e. The van der Waals surface area contributed by atoms with Crippen molar-refractivity contribution in [1.82, 2.24) is 4.98 Å². The van der Waals surface area contributed by atoms with Gasteiger partial charge in [-0.2, -0.15) is 0 Å². The Balaban J connectivity index is 1.26. The molecule has 125 valence electrons. The summed E-state index contributed by atoms with van der Waals surface area (Å²) in [6.07, 6.45) is 5.56. The molecule has 5 rings (SSSR count). The van der Waals surface area contributed by atoms with Gasteiger partial charge in [0.1, 0.15) is 12.4 Å². The Kier molecular flexibility index (Phi) is 3.70. The highest BCUT2D eigenvalue weighted by atomic mass is 16.5. The van der Waals surface area contributed by atoms with Crippen LogP contribution in [0.2, 0.25) is 0 Å². The largest absolute Gasteiger partial charge is 0.487 e. The minimum Gasteiger partial charge on any atom is -0.487 e. The molecule has 0 aliphatic heterocycles. The maximum atomic E-state index is 5.95. The van der Waals surface area contributed by atoms with Crippen molar-refractivity contribution in [2.24, 2.45) is 11.8 Å². The average molecular weight is 328 g/mol. The van der Waals surface area contributed by atoms with Gasteiger partial charge in [-0.3, -0.25) is 0 Å². The summed E-state index contributed by atoms with van der Waals surface area (Å²) in [6.45, 7) is 0.505. The van der Waals surface area contributed by atoms with Gasteiger partial charge in [0.15, 0.2) is 0 Å². The van der Waals surface area contributed by atoms with Crippen LogP contribution in [0.3, 0.4) is 0 Å². The third kappa shape index (κ3) is 2.90. The topological polar surface area (TPSA) is 22.1 Å². The molecule has 2 heteroatoms. The molecule has 0 amide bonds. The highest BCUT2D eigenvalue weighted by Crippen LogP contribution is 2.52. The molecule has 2 unspecified atom stereocenters. The van der Waals surface area contributed by atoms with E-state index in [0.29, 0.717) is 6.61 Å². The SMILES string of the molecule is c1ccc2nc(COc3ccc([C]4CC5CCC4C5)cc3)ccc2c1. The summed E-state index contributed by atoms with van der Waals surface area (Å²) in [5.41, 5.74) is 3.40. The lowest BCUT2D eigenvalue weighted by molar-refractivity contribution is 0.301. The number of aromatic nitrogens is 1. The van der Waals surface area contributed by atoms with Gasteiger partial charge in [0.2, 0.25) is 0 Å². The number of fused-ring (bicyclic) bond motifs is 3. The van der Waals surface area contributed by atoms with E-state index in [2.05, 4.69) is 41.4 Å². The van der Waals surface area contributed by atoms with Gasteiger partial charge in [0.25, 0.3) is 0 Å². The van der Waals surface area contributed by atoms with Gasteiger partial charge >= 0.3 is 0 Å². The fourth-order valence-electron chi connectivity index (χ4n) is 4.52. The molecule has 0 spiro atoms. The third-order valence-electron chi connectivity index (χ3n) is 5.81. The van der Waals surface area contributed by atoms with Gasteiger partial charge in [0.05, 0.1) is 11.2 Å². The summed E-state index contributed by atoms with van der Waals surface area (Å²) in [5.74, 6) is 4.40. The zero-order valence-electron chi connectivity index (χ0n) is 14.3. The molecule has 0 saturated heterocycles. The Morgan fingerprint density at radius 1 is 0.920 bits per heavy atom. The molecule has 0 N–H and O–H groups in total. The molecule has 2 atom stereocenters. The number of nitrogens with zero attached hydrogens (tertiary/aromatic N) is 1. The molecule has 1 radical (unpaired) electrons. The molecule has 2 aliphatic rings. The predicted molar refractivity (Wildman–Crippen MR) is 100 cm³/mol. The average Bonchev–Trinajstić information content (AvgIpc) is 3.30. The van der Waals surface area contributed by atoms with E-state index >= 15 is 0 Å². The van der Waals surface area contributed by atoms with Gasteiger partial charge < -0.3 is 4.74 Å². The number of hydrogen-bond acceptors (Lipinski definition) is 2. The van der Waals surface area contributed by atoms with Crippen LogP contribution in [-0.4, -0.2) is 4.98 Å². The van der Waals surface area contributed by atoms with E-state index in [1.807, 2.05) is 24.3 Å². The van der Waals surface area contributed by atoms with Crippen molar-refractivity contribution in [3.63, 3.8) is 0 Å². The van der Waals surface area contributed by atoms with Crippen LogP contribution in [-0.2, 0) is 6.61 Å². The standard InChI is InChI=1S/C23H22NO/c1-2-4-23-18(3-1)7-10-20(24-23)15-25-21-11-8-17(9-12-21)22-14-16-5-6-19(22)13-16/h1-4,7-12,16,19H,5-6,13-15H2. The fraction of sp³-hybridized carbons (Fsp3) is 0.304. The number of para-hydroxylation sites is 1. The molecule has 25 heavy (non-hydrogen) atoms. The van der Waals surface area contributed by atoms with Gasteiger partial charge in [-0.05, 0) is 60.9 Å². The van der Waals surface area contributed by atoms with E-state index in [-0.39, 0.29) is 0 Å². The molecular formula is C23H22NO. The number of benzene rings is 2. The Morgan fingerprint density at radius 3 is 2.60 bits per heavy atom. The molecule has 2 nitrogen and oxygen atoms in total. The summed E-state index contributed by atoms with van der Waals surface area (Å²) >= 11 is 0. The van der Waals surface area contributed by atoms with Gasteiger partial charge in [0, 0.05) is 11.3 Å².